The molecule has 0 amide bonds. The van der Waals surface area contributed by atoms with E-state index in [0.717, 1.165) is 12.1 Å². The maximum atomic E-state index is 10.8. The molecular formula is C8H5N3O7. The monoisotopic (exact) mass is 255 g/mol. The summed E-state index contributed by atoms with van der Waals surface area (Å²) in [5.41, 5.74) is -3.47. The number of nitrogens with zero attached hydrogens (tertiary/aromatic N) is 3. The van der Waals surface area contributed by atoms with Crippen LogP contribution in [0.3, 0.4) is 0 Å². The average molecular weight is 255 g/mol. The van der Waals surface area contributed by atoms with Crippen molar-refractivity contribution in [1.29, 1.82) is 0 Å². The van der Waals surface area contributed by atoms with Crippen molar-refractivity contribution >= 4 is 23.3 Å². The molecule has 0 aliphatic heterocycles. The number of carbonyl (C=O) groups excluding carboxylic acids is 1. The van der Waals surface area contributed by atoms with Crippen LogP contribution in [0.1, 0.15) is 5.56 Å². The quantitative estimate of drug-likeness (QED) is 0.435. The van der Waals surface area contributed by atoms with E-state index in [-0.39, 0.29) is 5.56 Å². The molecule has 0 bridgehead atoms. The van der Waals surface area contributed by atoms with E-state index in [1.165, 1.54) is 0 Å². The Morgan fingerprint density at radius 2 is 1.50 bits per heavy atom. The van der Waals surface area contributed by atoms with Crippen LogP contribution in [0.15, 0.2) is 12.1 Å². The minimum atomic E-state index is -1.22. The van der Waals surface area contributed by atoms with E-state index in [9.17, 15) is 35.1 Å². The molecule has 0 saturated carbocycles. The highest BCUT2D eigenvalue weighted by molar-refractivity contribution is 5.72. The summed E-state index contributed by atoms with van der Waals surface area (Å²) in [5.74, 6) is 0. The van der Waals surface area contributed by atoms with Gasteiger partial charge in [0.1, 0.15) is 6.29 Å². The molecule has 0 aliphatic rings. The van der Waals surface area contributed by atoms with Crippen LogP contribution in [-0.4, -0.2) is 21.1 Å². The van der Waals surface area contributed by atoms with Crippen molar-refractivity contribution in [2.45, 2.75) is 6.42 Å². The predicted octanol–water partition coefficient (Wildman–Crippen LogP) is 1.15. The smallest absolute Gasteiger partial charge is 0.303 e. The first-order valence-electron chi connectivity index (χ1n) is 4.42. The van der Waals surface area contributed by atoms with Crippen molar-refractivity contribution in [1.82, 2.24) is 0 Å². The Bertz CT molecular complexity index is 554. The first kappa shape index (κ1) is 13.2. The van der Waals surface area contributed by atoms with Crippen molar-refractivity contribution < 1.29 is 19.6 Å². The molecule has 1 rings (SSSR count). The van der Waals surface area contributed by atoms with Crippen molar-refractivity contribution in [3.8, 4) is 0 Å². The summed E-state index contributed by atoms with van der Waals surface area (Å²) in [6.45, 7) is 0. The summed E-state index contributed by atoms with van der Waals surface area (Å²) in [5, 5.41) is 32.1. The molecule has 10 nitrogen and oxygen atoms in total. The topological polar surface area (TPSA) is 146 Å². The van der Waals surface area contributed by atoms with Gasteiger partial charge in [-0.2, -0.15) is 0 Å². The third-order valence-corrected chi connectivity index (χ3v) is 2.08. The van der Waals surface area contributed by atoms with Crippen molar-refractivity contribution in [2.24, 2.45) is 0 Å². The molecule has 18 heavy (non-hydrogen) atoms. The van der Waals surface area contributed by atoms with Crippen molar-refractivity contribution in [2.75, 3.05) is 0 Å². The van der Waals surface area contributed by atoms with Gasteiger partial charge in [-0.25, -0.2) is 0 Å². The Morgan fingerprint density at radius 3 is 1.89 bits per heavy atom. The summed E-state index contributed by atoms with van der Waals surface area (Å²) >= 11 is 0. The highest BCUT2D eigenvalue weighted by atomic mass is 16.6. The summed E-state index contributed by atoms with van der Waals surface area (Å²) < 4.78 is 0. The van der Waals surface area contributed by atoms with Gasteiger partial charge in [0.25, 0.3) is 0 Å². The summed E-state index contributed by atoms with van der Waals surface area (Å²) in [4.78, 5) is 39.0. The minimum absolute atomic E-state index is 0.243. The number of nitro benzene ring substituents is 3. The number of aldehydes is 1. The highest BCUT2D eigenvalue weighted by Gasteiger charge is 2.38. The zero-order valence-corrected chi connectivity index (χ0v) is 8.64. The lowest BCUT2D eigenvalue weighted by atomic mass is 10.1. The predicted molar refractivity (Wildman–Crippen MR) is 56.2 cm³/mol. The van der Waals surface area contributed by atoms with Crippen LogP contribution < -0.4 is 0 Å². The van der Waals surface area contributed by atoms with Gasteiger partial charge in [0.05, 0.1) is 14.8 Å². The second-order valence-corrected chi connectivity index (χ2v) is 3.08. The van der Waals surface area contributed by atoms with E-state index >= 15 is 0 Å². The average Bonchev–Trinajstić information content (AvgIpc) is 2.27. The molecule has 10 heteroatoms. The number of hydrogen-bond donors (Lipinski definition) is 0. The van der Waals surface area contributed by atoms with E-state index in [1.807, 2.05) is 0 Å². The van der Waals surface area contributed by atoms with Crippen LogP contribution in [0, 0.1) is 30.3 Å². The number of hydrogen-bond acceptors (Lipinski definition) is 7. The van der Waals surface area contributed by atoms with Crippen LogP contribution in [0.2, 0.25) is 0 Å². The van der Waals surface area contributed by atoms with Gasteiger partial charge < -0.3 is 4.79 Å². The van der Waals surface area contributed by atoms with Gasteiger partial charge in [-0.3, -0.25) is 30.3 Å². The van der Waals surface area contributed by atoms with Gasteiger partial charge >= 0.3 is 17.1 Å². The van der Waals surface area contributed by atoms with Crippen LogP contribution in [0.25, 0.3) is 0 Å². The lowest BCUT2D eigenvalue weighted by Gasteiger charge is -2.00. The normalized spacial score (nSPS) is 9.78. The fourth-order valence-corrected chi connectivity index (χ4v) is 1.40. The zero-order valence-electron chi connectivity index (χ0n) is 8.64. The minimum Gasteiger partial charge on any atom is -0.303 e. The zero-order chi connectivity index (χ0) is 13.9. The van der Waals surface area contributed by atoms with E-state index in [1.54, 1.807) is 0 Å². The SMILES string of the molecule is O=CCc1ccc([N+](=O)[O-])c([N+](=O)[O-])c1[N+](=O)[O-]. The number of rotatable bonds is 5. The molecule has 0 spiro atoms. The van der Waals surface area contributed by atoms with Crippen molar-refractivity contribution in [3.05, 3.63) is 48.0 Å². The molecule has 0 atom stereocenters. The maximum absolute atomic E-state index is 10.8. The summed E-state index contributed by atoms with van der Waals surface area (Å²) in [6, 6.07) is 1.72. The molecule has 0 heterocycles. The third kappa shape index (κ3) is 2.26. The van der Waals surface area contributed by atoms with Gasteiger partial charge in [0, 0.05) is 18.1 Å². The van der Waals surface area contributed by atoms with Gasteiger partial charge in [0.15, 0.2) is 0 Å². The van der Waals surface area contributed by atoms with Gasteiger partial charge in [-0.1, -0.05) is 0 Å². The molecule has 0 N–H and O–H groups in total. The molecule has 0 unspecified atom stereocenters. The summed E-state index contributed by atoms with van der Waals surface area (Å²) in [6.07, 6.45) is -0.118. The molecular weight excluding hydrogens is 250 g/mol. The first-order valence-corrected chi connectivity index (χ1v) is 4.42. The Labute approximate surface area is 98.3 Å². The maximum Gasteiger partial charge on any atom is 0.422 e. The lowest BCUT2D eigenvalue weighted by Crippen LogP contribution is -2.05. The standard InChI is InChI=1S/C8H5N3O7/c12-4-3-5-1-2-6(9(13)14)8(11(17)18)7(5)10(15)16/h1-2,4H,3H2. The Hall–Kier alpha value is -2.91. The van der Waals surface area contributed by atoms with Gasteiger partial charge in [0.2, 0.25) is 0 Å². The molecule has 0 aliphatic carbocycles. The Kier molecular flexibility index (Phi) is 3.62. The fourth-order valence-electron chi connectivity index (χ4n) is 1.40. The first-order chi connectivity index (χ1) is 8.40. The number of benzene rings is 1. The van der Waals surface area contributed by atoms with Crippen LogP contribution in [0.4, 0.5) is 17.1 Å². The molecule has 0 saturated heterocycles. The molecule has 1 aromatic carbocycles. The Morgan fingerprint density at radius 1 is 0.944 bits per heavy atom. The molecule has 0 radical (unpaired) electrons. The van der Waals surface area contributed by atoms with Crippen molar-refractivity contribution in [3.63, 3.8) is 0 Å². The second-order valence-electron chi connectivity index (χ2n) is 3.08. The van der Waals surface area contributed by atoms with E-state index in [4.69, 9.17) is 0 Å². The molecule has 94 valence electrons. The van der Waals surface area contributed by atoms with Gasteiger partial charge in [-0.15, -0.1) is 0 Å². The number of carbonyl (C=O) groups is 1. The molecule has 0 aromatic heterocycles. The highest BCUT2D eigenvalue weighted by Crippen LogP contribution is 2.38. The van der Waals surface area contributed by atoms with Crippen LogP contribution >= 0.6 is 0 Å². The second kappa shape index (κ2) is 4.95. The Balaban J connectivity index is 3.70. The third-order valence-electron chi connectivity index (χ3n) is 2.08. The van der Waals surface area contributed by atoms with Gasteiger partial charge in [-0.05, 0) is 6.07 Å². The largest absolute Gasteiger partial charge is 0.422 e. The lowest BCUT2D eigenvalue weighted by molar-refractivity contribution is -0.441. The number of nitro groups is 3. The summed E-state index contributed by atoms with van der Waals surface area (Å²) in [7, 11) is 0. The van der Waals surface area contributed by atoms with E-state index in [2.05, 4.69) is 0 Å². The van der Waals surface area contributed by atoms with E-state index < -0.39 is 38.3 Å². The van der Waals surface area contributed by atoms with Crippen LogP contribution in [-0.2, 0) is 11.2 Å². The fraction of sp³-hybridized carbons (Fsp3) is 0.125. The van der Waals surface area contributed by atoms with Crippen LogP contribution in [0.5, 0.6) is 0 Å². The molecule has 0 fully saturated rings. The molecule has 1 aromatic rings. The van der Waals surface area contributed by atoms with E-state index in [0.29, 0.717) is 6.29 Å².